The van der Waals surface area contributed by atoms with E-state index in [9.17, 15) is 0 Å². The van der Waals surface area contributed by atoms with Crippen LogP contribution in [0.4, 0.5) is 11.4 Å². The maximum Gasteiger partial charge on any atom is 0.0552 e. The van der Waals surface area contributed by atoms with E-state index in [4.69, 9.17) is 0 Å². The molecule has 2 nitrogen and oxygen atoms in total. The van der Waals surface area contributed by atoms with Crippen LogP contribution < -0.4 is 17.3 Å². The fourth-order valence-corrected chi connectivity index (χ4v) is 3.66. The summed E-state index contributed by atoms with van der Waals surface area (Å²) in [5, 5.41) is 0. The molecule has 0 atom stereocenters. The Bertz CT molecular complexity index is 555. The monoisotopic (exact) mass is 319 g/mol. The standard InChI is InChI=1S/C17H20N2S.ClH/c1-18(2)12-7-13-19-14-8-3-5-10-16(14)20-17-11-6-4-9-15(17)19;/h3-6,8-11H,7,12-13H2,1-2H3;1H/p-1. The van der Waals surface area contributed by atoms with Crippen molar-refractivity contribution >= 4 is 23.1 Å². The van der Waals surface area contributed by atoms with Gasteiger partial charge in [-0.25, -0.2) is 0 Å². The number of nitrogens with zero attached hydrogens (tertiary/aromatic N) is 2. The van der Waals surface area contributed by atoms with Crippen LogP contribution in [0.1, 0.15) is 6.42 Å². The van der Waals surface area contributed by atoms with Gasteiger partial charge in [-0.15, -0.1) is 0 Å². The molecule has 1 aliphatic heterocycles. The molecule has 0 bridgehead atoms. The Morgan fingerprint density at radius 1 is 0.905 bits per heavy atom. The number of anilines is 2. The van der Waals surface area contributed by atoms with Gasteiger partial charge in [0.25, 0.3) is 0 Å². The smallest absolute Gasteiger partial charge is 0.0552 e. The molecule has 112 valence electrons. The molecule has 0 N–H and O–H groups in total. The molecule has 4 heteroatoms. The van der Waals surface area contributed by atoms with Crippen molar-refractivity contribution in [3.8, 4) is 0 Å². The lowest BCUT2D eigenvalue weighted by atomic mass is 10.2. The van der Waals surface area contributed by atoms with Gasteiger partial charge < -0.3 is 22.2 Å². The Hall–Kier alpha value is -1.16. The number of fused-ring (bicyclic) bond motifs is 2. The highest BCUT2D eigenvalue weighted by molar-refractivity contribution is 7.99. The second-order valence-electron chi connectivity index (χ2n) is 5.35. The molecule has 0 amide bonds. The third-order valence-corrected chi connectivity index (χ3v) is 4.65. The molecule has 21 heavy (non-hydrogen) atoms. The Morgan fingerprint density at radius 2 is 1.43 bits per heavy atom. The van der Waals surface area contributed by atoms with Crippen LogP contribution in [0.5, 0.6) is 0 Å². The third-order valence-electron chi connectivity index (χ3n) is 3.52. The summed E-state index contributed by atoms with van der Waals surface area (Å²) in [5.74, 6) is 0. The average Bonchev–Trinajstić information content (AvgIpc) is 2.46. The predicted molar refractivity (Wildman–Crippen MR) is 87.2 cm³/mol. The molecule has 0 radical (unpaired) electrons. The summed E-state index contributed by atoms with van der Waals surface area (Å²) in [7, 11) is 4.27. The summed E-state index contributed by atoms with van der Waals surface area (Å²) in [6, 6.07) is 17.4. The molecule has 1 heterocycles. The lowest BCUT2D eigenvalue weighted by Crippen LogP contribution is -3.00. The van der Waals surface area contributed by atoms with Gasteiger partial charge in [0.05, 0.1) is 11.4 Å². The number of rotatable bonds is 4. The minimum absolute atomic E-state index is 0. The van der Waals surface area contributed by atoms with Gasteiger partial charge in [0, 0.05) is 16.3 Å². The lowest BCUT2D eigenvalue weighted by Gasteiger charge is -2.33. The van der Waals surface area contributed by atoms with Gasteiger partial charge in [0.2, 0.25) is 0 Å². The summed E-state index contributed by atoms with van der Waals surface area (Å²) in [6.45, 7) is 2.18. The van der Waals surface area contributed by atoms with E-state index in [1.54, 1.807) is 0 Å². The number of para-hydroxylation sites is 2. The van der Waals surface area contributed by atoms with Gasteiger partial charge in [-0.2, -0.15) is 0 Å². The van der Waals surface area contributed by atoms with Crippen LogP contribution in [0.25, 0.3) is 0 Å². The molecular formula is C17H20ClN2S-. The van der Waals surface area contributed by atoms with Crippen LogP contribution in [0, 0.1) is 0 Å². The minimum atomic E-state index is 0. The normalized spacial score (nSPS) is 12.6. The van der Waals surface area contributed by atoms with Gasteiger partial charge in [-0.3, -0.25) is 0 Å². The maximum absolute atomic E-state index is 2.46. The molecule has 0 aliphatic carbocycles. The van der Waals surface area contributed by atoms with Gasteiger partial charge >= 0.3 is 0 Å². The van der Waals surface area contributed by atoms with Crippen LogP contribution >= 0.6 is 11.8 Å². The fourth-order valence-electron chi connectivity index (χ4n) is 2.57. The topological polar surface area (TPSA) is 6.48 Å². The predicted octanol–water partition coefficient (Wildman–Crippen LogP) is 1.24. The summed E-state index contributed by atoms with van der Waals surface area (Å²) < 4.78 is 0. The first-order valence-corrected chi connectivity index (χ1v) is 7.85. The van der Waals surface area contributed by atoms with Crippen LogP contribution in [0.2, 0.25) is 0 Å². The zero-order chi connectivity index (χ0) is 13.9. The second kappa shape index (κ2) is 7.21. The zero-order valence-corrected chi connectivity index (χ0v) is 14.0. The summed E-state index contributed by atoms with van der Waals surface area (Å²) in [5.41, 5.74) is 2.69. The van der Waals surface area contributed by atoms with Gasteiger partial charge in [-0.1, -0.05) is 36.0 Å². The molecule has 0 unspecified atom stereocenters. The molecule has 3 rings (SSSR count). The fraction of sp³-hybridized carbons (Fsp3) is 0.294. The number of benzene rings is 2. The Morgan fingerprint density at radius 3 is 1.95 bits per heavy atom. The first-order valence-electron chi connectivity index (χ1n) is 7.04. The van der Waals surface area contributed by atoms with Crippen molar-refractivity contribution in [1.29, 1.82) is 0 Å². The number of hydrogen-bond donors (Lipinski definition) is 0. The first kappa shape index (κ1) is 16.2. The molecule has 2 aromatic rings. The highest BCUT2D eigenvalue weighted by Crippen LogP contribution is 2.47. The van der Waals surface area contributed by atoms with E-state index < -0.39 is 0 Å². The van der Waals surface area contributed by atoms with Crippen LogP contribution in [-0.4, -0.2) is 32.1 Å². The molecule has 0 spiro atoms. The van der Waals surface area contributed by atoms with Crippen molar-refractivity contribution in [2.45, 2.75) is 16.2 Å². The van der Waals surface area contributed by atoms with E-state index in [0.717, 1.165) is 13.1 Å². The molecule has 0 aromatic heterocycles. The summed E-state index contributed by atoms with van der Waals surface area (Å²) >= 11 is 1.87. The average molecular weight is 320 g/mol. The molecule has 0 saturated heterocycles. The van der Waals surface area contributed by atoms with Crippen LogP contribution in [0.15, 0.2) is 58.3 Å². The van der Waals surface area contributed by atoms with Gasteiger partial charge in [0.15, 0.2) is 0 Å². The second-order valence-corrected chi connectivity index (χ2v) is 6.43. The molecule has 0 fully saturated rings. The van der Waals surface area contributed by atoms with Crippen molar-refractivity contribution in [3.05, 3.63) is 48.5 Å². The van der Waals surface area contributed by atoms with E-state index in [1.165, 1.54) is 27.6 Å². The lowest BCUT2D eigenvalue weighted by molar-refractivity contribution is -0.00000403. The van der Waals surface area contributed by atoms with Gasteiger partial charge in [0.1, 0.15) is 0 Å². The SMILES string of the molecule is CN(C)CCCN1c2ccccc2Sc2ccccc21.[Cl-]. The first-order chi connectivity index (χ1) is 9.75. The third kappa shape index (κ3) is 3.54. The quantitative estimate of drug-likeness (QED) is 0.837. The van der Waals surface area contributed by atoms with E-state index in [1.807, 2.05) is 11.8 Å². The Labute approximate surface area is 137 Å². The van der Waals surface area contributed by atoms with E-state index in [-0.39, 0.29) is 12.4 Å². The zero-order valence-electron chi connectivity index (χ0n) is 12.4. The Kier molecular flexibility index (Phi) is 5.57. The highest BCUT2D eigenvalue weighted by atomic mass is 35.5. The van der Waals surface area contributed by atoms with Crippen molar-refractivity contribution in [2.75, 3.05) is 32.1 Å². The van der Waals surface area contributed by atoms with Crippen molar-refractivity contribution in [3.63, 3.8) is 0 Å². The number of halogens is 1. The van der Waals surface area contributed by atoms with E-state index >= 15 is 0 Å². The van der Waals surface area contributed by atoms with Crippen LogP contribution in [0.3, 0.4) is 0 Å². The molecule has 1 aliphatic rings. The number of hydrogen-bond acceptors (Lipinski definition) is 3. The molecular weight excluding hydrogens is 300 g/mol. The van der Waals surface area contributed by atoms with Crippen molar-refractivity contribution in [1.82, 2.24) is 4.90 Å². The largest absolute Gasteiger partial charge is 1.00 e. The van der Waals surface area contributed by atoms with Crippen molar-refractivity contribution in [2.24, 2.45) is 0 Å². The molecule has 0 saturated carbocycles. The van der Waals surface area contributed by atoms with Crippen LogP contribution in [-0.2, 0) is 0 Å². The summed E-state index contributed by atoms with van der Waals surface area (Å²) in [6.07, 6.45) is 1.17. The van der Waals surface area contributed by atoms with Gasteiger partial charge in [-0.05, 0) is 51.3 Å². The molecule has 2 aromatic carbocycles. The Balaban J connectivity index is 0.00000161. The van der Waals surface area contributed by atoms with E-state index in [2.05, 4.69) is 72.4 Å². The van der Waals surface area contributed by atoms with Crippen molar-refractivity contribution < 1.29 is 12.4 Å². The summed E-state index contributed by atoms with van der Waals surface area (Å²) in [4.78, 5) is 7.42. The highest BCUT2D eigenvalue weighted by Gasteiger charge is 2.22. The maximum atomic E-state index is 2.46. The van der Waals surface area contributed by atoms with E-state index in [0.29, 0.717) is 0 Å². The minimum Gasteiger partial charge on any atom is -1.00 e.